The summed E-state index contributed by atoms with van der Waals surface area (Å²) in [7, 11) is 0. The van der Waals surface area contributed by atoms with Gasteiger partial charge < -0.3 is 19.7 Å². The SMILES string of the molecule is CC(COc1ccccc1C(F)(F)F)NC(=O)CCC(=O)N1CCOc2ccccc21. The molecule has 0 aliphatic carbocycles. The number of fused-ring (bicyclic) bond motifs is 1. The van der Waals surface area contributed by atoms with Crippen molar-refractivity contribution in [1.82, 2.24) is 5.32 Å². The third-order valence-corrected chi connectivity index (χ3v) is 4.68. The zero-order valence-electron chi connectivity index (χ0n) is 16.9. The van der Waals surface area contributed by atoms with E-state index in [1.54, 1.807) is 30.0 Å². The van der Waals surface area contributed by atoms with Crippen molar-refractivity contribution in [2.24, 2.45) is 0 Å². The van der Waals surface area contributed by atoms with Crippen LogP contribution in [-0.4, -0.2) is 37.6 Å². The molecule has 1 aliphatic rings. The molecule has 0 saturated carbocycles. The number of amides is 2. The van der Waals surface area contributed by atoms with Crippen molar-refractivity contribution in [2.45, 2.75) is 32.0 Å². The van der Waals surface area contributed by atoms with Crippen LogP contribution in [0.25, 0.3) is 0 Å². The van der Waals surface area contributed by atoms with Crippen molar-refractivity contribution in [3.8, 4) is 11.5 Å². The van der Waals surface area contributed by atoms with Gasteiger partial charge in [0, 0.05) is 12.8 Å². The number of hydrogen-bond donors (Lipinski definition) is 1. The molecule has 0 bridgehead atoms. The van der Waals surface area contributed by atoms with Crippen LogP contribution in [0.1, 0.15) is 25.3 Å². The number of para-hydroxylation sites is 3. The highest BCUT2D eigenvalue weighted by atomic mass is 19.4. The number of nitrogens with one attached hydrogen (secondary N) is 1. The largest absolute Gasteiger partial charge is 0.491 e. The number of carbonyl (C=O) groups is 2. The van der Waals surface area contributed by atoms with Gasteiger partial charge in [-0.25, -0.2) is 0 Å². The maximum absolute atomic E-state index is 13.0. The van der Waals surface area contributed by atoms with Gasteiger partial charge in [-0.2, -0.15) is 13.2 Å². The fourth-order valence-electron chi connectivity index (χ4n) is 3.21. The maximum Gasteiger partial charge on any atom is 0.419 e. The molecular formula is C22H23F3N2O4. The second kappa shape index (κ2) is 9.72. The van der Waals surface area contributed by atoms with E-state index in [-0.39, 0.29) is 37.0 Å². The fraction of sp³-hybridized carbons (Fsp3) is 0.364. The highest BCUT2D eigenvalue weighted by Gasteiger charge is 2.34. The van der Waals surface area contributed by atoms with E-state index in [0.717, 1.165) is 6.07 Å². The van der Waals surface area contributed by atoms with Gasteiger partial charge in [0.05, 0.1) is 23.8 Å². The number of alkyl halides is 3. The van der Waals surface area contributed by atoms with E-state index in [0.29, 0.717) is 24.6 Å². The van der Waals surface area contributed by atoms with E-state index in [4.69, 9.17) is 9.47 Å². The third kappa shape index (κ3) is 5.90. The molecular weight excluding hydrogens is 413 g/mol. The Bertz CT molecular complexity index is 933. The van der Waals surface area contributed by atoms with Crippen LogP contribution >= 0.6 is 0 Å². The van der Waals surface area contributed by atoms with E-state index in [2.05, 4.69) is 5.32 Å². The van der Waals surface area contributed by atoms with Gasteiger partial charge in [-0.15, -0.1) is 0 Å². The summed E-state index contributed by atoms with van der Waals surface area (Å²) in [4.78, 5) is 26.3. The highest BCUT2D eigenvalue weighted by Crippen LogP contribution is 2.36. The van der Waals surface area contributed by atoms with Crippen LogP contribution in [0.4, 0.5) is 18.9 Å². The second-order valence-corrected chi connectivity index (χ2v) is 7.14. The standard InChI is InChI=1S/C22H23F3N2O4/c1-15(14-31-18-8-4-2-6-16(18)22(23,24)25)26-20(28)10-11-21(29)27-12-13-30-19-9-5-3-7-17(19)27/h2-9,15H,10-14H2,1H3,(H,26,28). The summed E-state index contributed by atoms with van der Waals surface area (Å²) in [6, 6.07) is 11.5. The lowest BCUT2D eigenvalue weighted by Gasteiger charge is -2.29. The Morgan fingerprint density at radius 1 is 1.13 bits per heavy atom. The number of anilines is 1. The first kappa shape index (κ1) is 22.5. The van der Waals surface area contributed by atoms with Gasteiger partial charge in [0.1, 0.15) is 24.7 Å². The molecule has 0 fully saturated rings. The van der Waals surface area contributed by atoms with Crippen LogP contribution in [0.15, 0.2) is 48.5 Å². The van der Waals surface area contributed by atoms with Gasteiger partial charge in [0.25, 0.3) is 0 Å². The molecule has 166 valence electrons. The molecule has 1 N–H and O–H groups in total. The van der Waals surface area contributed by atoms with Gasteiger partial charge in [0.2, 0.25) is 11.8 Å². The van der Waals surface area contributed by atoms with E-state index >= 15 is 0 Å². The summed E-state index contributed by atoms with van der Waals surface area (Å²) in [6.45, 7) is 2.26. The molecule has 1 aliphatic heterocycles. The number of halogens is 3. The predicted molar refractivity (Wildman–Crippen MR) is 108 cm³/mol. The molecule has 3 rings (SSSR count). The van der Waals surface area contributed by atoms with Crippen LogP contribution in [0.3, 0.4) is 0 Å². The lowest BCUT2D eigenvalue weighted by molar-refractivity contribution is -0.139. The topological polar surface area (TPSA) is 67.9 Å². The number of hydrogen-bond acceptors (Lipinski definition) is 4. The quantitative estimate of drug-likeness (QED) is 0.717. The van der Waals surface area contributed by atoms with Crippen LogP contribution in [0.5, 0.6) is 11.5 Å². The number of carbonyl (C=O) groups excluding carboxylic acids is 2. The van der Waals surface area contributed by atoms with Gasteiger partial charge in [0.15, 0.2) is 0 Å². The Morgan fingerprint density at radius 3 is 2.61 bits per heavy atom. The van der Waals surface area contributed by atoms with Crippen LogP contribution in [0, 0.1) is 0 Å². The maximum atomic E-state index is 13.0. The van der Waals surface area contributed by atoms with Crippen LogP contribution in [-0.2, 0) is 15.8 Å². The molecule has 0 spiro atoms. The average Bonchev–Trinajstić information content (AvgIpc) is 2.75. The number of rotatable bonds is 7. The minimum atomic E-state index is -4.53. The second-order valence-electron chi connectivity index (χ2n) is 7.14. The van der Waals surface area contributed by atoms with E-state index < -0.39 is 17.8 Å². The van der Waals surface area contributed by atoms with Crippen molar-refractivity contribution < 1.29 is 32.2 Å². The Kier molecular flexibility index (Phi) is 7.04. The van der Waals surface area contributed by atoms with Gasteiger partial charge in [-0.1, -0.05) is 24.3 Å². The zero-order valence-corrected chi connectivity index (χ0v) is 16.9. The highest BCUT2D eigenvalue weighted by molar-refractivity contribution is 5.97. The molecule has 1 unspecified atom stereocenters. The number of benzene rings is 2. The Hall–Kier alpha value is -3.23. The smallest absolute Gasteiger partial charge is 0.419 e. The molecule has 1 atom stereocenters. The van der Waals surface area contributed by atoms with E-state index in [1.165, 1.54) is 18.2 Å². The molecule has 9 heteroatoms. The first-order valence-corrected chi connectivity index (χ1v) is 9.86. The normalized spacial score (nSPS) is 14.3. The molecule has 2 amide bonds. The van der Waals surface area contributed by atoms with Gasteiger partial charge in [-0.05, 0) is 31.2 Å². The van der Waals surface area contributed by atoms with Crippen molar-refractivity contribution in [1.29, 1.82) is 0 Å². The summed E-state index contributed by atoms with van der Waals surface area (Å²) in [5.41, 5.74) is -0.200. The monoisotopic (exact) mass is 436 g/mol. The number of ether oxygens (including phenoxy) is 2. The summed E-state index contributed by atoms with van der Waals surface area (Å²) in [5.74, 6) is -0.252. The lowest BCUT2D eigenvalue weighted by atomic mass is 10.2. The first-order chi connectivity index (χ1) is 14.8. The Labute approximate surface area is 177 Å². The zero-order chi connectivity index (χ0) is 22.4. The van der Waals surface area contributed by atoms with Gasteiger partial charge in [-0.3, -0.25) is 9.59 Å². The Balaban J connectivity index is 1.47. The average molecular weight is 436 g/mol. The Morgan fingerprint density at radius 2 is 1.84 bits per heavy atom. The van der Waals surface area contributed by atoms with Crippen molar-refractivity contribution in [2.75, 3.05) is 24.7 Å². The summed E-state index contributed by atoms with van der Waals surface area (Å²) < 4.78 is 49.8. The fourth-order valence-corrected chi connectivity index (χ4v) is 3.21. The minimum absolute atomic E-state index is 0.00461. The minimum Gasteiger partial charge on any atom is -0.491 e. The molecule has 0 aromatic heterocycles. The molecule has 31 heavy (non-hydrogen) atoms. The molecule has 6 nitrogen and oxygen atoms in total. The molecule has 2 aromatic rings. The molecule has 0 saturated heterocycles. The van der Waals surface area contributed by atoms with E-state index in [9.17, 15) is 22.8 Å². The van der Waals surface area contributed by atoms with Crippen molar-refractivity contribution in [3.05, 3.63) is 54.1 Å². The lowest BCUT2D eigenvalue weighted by Crippen LogP contribution is -2.40. The first-order valence-electron chi connectivity index (χ1n) is 9.86. The summed E-state index contributed by atoms with van der Waals surface area (Å²) in [5, 5.41) is 2.65. The van der Waals surface area contributed by atoms with Crippen molar-refractivity contribution >= 4 is 17.5 Å². The van der Waals surface area contributed by atoms with Crippen molar-refractivity contribution in [3.63, 3.8) is 0 Å². The predicted octanol–water partition coefficient (Wildman–Crippen LogP) is 3.79. The molecule has 0 radical (unpaired) electrons. The van der Waals surface area contributed by atoms with E-state index in [1.807, 2.05) is 6.07 Å². The third-order valence-electron chi connectivity index (χ3n) is 4.68. The summed E-state index contributed by atoms with van der Waals surface area (Å²) in [6.07, 6.45) is -4.56. The van der Waals surface area contributed by atoms with Crippen LogP contribution in [0.2, 0.25) is 0 Å². The number of nitrogens with zero attached hydrogens (tertiary/aromatic N) is 1. The molecule has 1 heterocycles. The van der Waals surface area contributed by atoms with Crippen LogP contribution < -0.4 is 19.7 Å². The summed E-state index contributed by atoms with van der Waals surface area (Å²) >= 11 is 0. The van der Waals surface area contributed by atoms with Gasteiger partial charge >= 0.3 is 6.18 Å². The molecule has 2 aromatic carbocycles.